The highest BCUT2D eigenvalue weighted by Crippen LogP contribution is 2.44. The maximum atomic E-state index is 9.03. The lowest BCUT2D eigenvalue weighted by molar-refractivity contribution is 0.156. The summed E-state index contributed by atoms with van der Waals surface area (Å²) in [6.45, 7) is 4.41. The lowest BCUT2D eigenvalue weighted by atomic mass is 9.98. The summed E-state index contributed by atoms with van der Waals surface area (Å²) in [7, 11) is 0. The Morgan fingerprint density at radius 2 is 2.06 bits per heavy atom. The lowest BCUT2D eigenvalue weighted by Crippen LogP contribution is -2.45. The van der Waals surface area contributed by atoms with Crippen LogP contribution in [0.3, 0.4) is 0 Å². The molecule has 1 saturated heterocycles. The van der Waals surface area contributed by atoms with Crippen LogP contribution in [0.15, 0.2) is 24.3 Å². The highest BCUT2D eigenvalue weighted by Gasteiger charge is 2.36. The van der Waals surface area contributed by atoms with Gasteiger partial charge in [-0.1, -0.05) is 12.1 Å². The Bertz CT molecular complexity index is 453. The molecule has 1 aliphatic carbocycles. The van der Waals surface area contributed by atoms with E-state index in [-0.39, 0.29) is 0 Å². The molecule has 1 N–H and O–H groups in total. The van der Waals surface area contributed by atoms with Crippen LogP contribution in [0.1, 0.15) is 30.0 Å². The van der Waals surface area contributed by atoms with Gasteiger partial charge in [-0.2, -0.15) is 5.26 Å². The van der Waals surface area contributed by atoms with E-state index in [9.17, 15) is 0 Å². The number of hydrogen-bond donors (Lipinski definition) is 1. The largest absolute Gasteiger partial charge is 0.314 e. The van der Waals surface area contributed by atoms with Crippen molar-refractivity contribution in [1.29, 1.82) is 5.26 Å². The average molecular weight is 241 g/mol. The molecule has 94 valence electrons. The lowest BCUT2D eigenvalue weighted by Gasteiger charge is -2.35. The van der Waals surface area contributed by atoms with E-state index >= 15 is 0 Å². The first kappa shape index (κ1) is 11.7. The summed E-state index contributed by atoms with van der Waals surface area (Å²) >= 11 is 0. The van der Waals surface area contributed by atoms with Gasteiger partial charge in [-0.3, -0.25) is 4.90 Å². The highest BCUT2D eigenvalue weighted by molar-refractivity contribution is 5.35. The quantitative estimate of drug-likeness (QED) is 0.878. The van der Waals surface area contributed by atoms with Gasteiger partial charge >= 0.3 is 0 Å². The average Bonchev–Trinajstić information content (AvgIpc) is 3.25. The fraction of sp³-hybridized carbons (Fsp3) is 0.533. The Labute approximate surface area is 108 Å². The van der Waals surface area contributed by atoms with Crippen LogP contribution in [0.25, 0.3) is 0 Å². The van der Waals surface area contributed by atoms with E-state index in [0.29, 0.717) is 6.04 Å². The second kappa shape index (κ2) is 5.09. The van der Waals surface area contributed by atoms with Crippen LogP contribution in [0, 0.1) is 17.2 Å². The van der Waals surface area contributed by atoms with Crippen LogP contribution in [-0.2, 0) is 0 Å². The van der Waals surface area contributed by atoms with E-state index in [4.69, 9.17) is 5.26 Å². The van der Waals surface area contributed by atoms with E-state index in [0.717, 1.165) is 37.7 Å². The predicted molar refractivity (Wildman–Crippen MR) is 71.1 cm³/mol. The molecule has 0 aromatic heterocycles. The Hall–Kier alpha value is -1.37. The molecule has 0 unspecified atom stereocenters. The molecule has 1 saturated carbocycles. The van der Waals surface area contributed by atoms with Crippen LogP contribution in [0.5, 0.6) is 0 Å². The van der Waals surface area contributed by atoms with Crippen molar-refractivity contribution in [2.75, 3.05) is 26.2 Å². The third-order valence-corrected chi connectivity index (χ3v) is 3.97. The van der Waals surface area contributed by atoms with Gasteiger partial charge in [0, 0.05) is 32.2 Å². The summed E-state index contributed by atoms with van der Waals surface area (Å²) in [6.07, 6.45) is 2.68. The van der Waals surface area contributed by atoms with Crippen LogP contribution in [0.2, 0.25) is 0 Å². The fourth-order valence-corrected chi connectivity index (χ4v) is 2.95. The molecule has 0 radical (unpaired) electrons. The Kier molecular flexibility index (Phi) is 3.31. The third kappa shape index (κ3) is 2.40. The van der Waals surface area contributed by atoms with Crippen LogP contribution in [-0.4, -0.2) is 31.1 Å². The molecule has 1 aliphatic heterocycles. The monoisotopic (exact) mass is 241 g/mol. The minimum Gasteiger partial charge on any atom is -0.314 e. The number of nitrogens with zero attached hydrogens (tertiary/aromatic N) is 2. The van der Waals surface area contributed by atoms with E-state index in [1.165, 1.54) is 18.4 Å². The first-order chi connectivity index (χ1) is 8.88. The smallest absolute Gasteiger partial charge is 0.0991 e. The minimum absolute atomic E-state index is 0.528. The molecule has 1 aromatic carbocycles. The Balaban J connectivity index is 1.86. The van der Waals surface area contributed by atoms with Gasteiger partial charge in [0.15, 0.2) is 0 Å². The van der Waals surface area contributed by atoms with Crippen molar-refractivity contribution in [3.8, 4) is 6.07 Å². The van der Waals surface area contributed by atoms with Crippen molar-refractivity contribution in [3.63, 3.8) is 0 Å². The van der Waals surface area contributed by atoms with Gasteiger partial charge in [-0.25, -0.2) is 0 Å². The molecule has 0 bridgehead atoms. The number of nitrogens with one attached hydrogen (secondary N) is 1. The number of rotatable bonds is 3. The number of nitriles is 1. The van der Waals surface area contributed by atoms with Crippen LogP contribution in [0.4, 0.5) is 0 Å². The normalized spacial score (nSPS) is 22.4. The molecule has 3 rings (SSSR count). The molecule has 1 atom stereocenters. The third-order valence-electron chi connectivity index (χ3n) is 3.97. The maximum absolute atomic E-state index is 9.03. The van der Waals surface area contributed by atoms with Gasteiger partial charge < -0.3 is 5.32 Å². The van der Waals surface area contributed by atoms with Crippen molar-refractivity contribution in [2.24, 2.45) is 5.92 Å². The van der Waals surface area contributed by atoms with Crippen molar-refractivity contribution >= 4 is 0 Å². The van der Waals surface area contributed by atoms with Crippen molar-refractivity contribution < 1.29 is 0 Å². The topological polar surface area (TPSA) is 39.1 Å². The van der Waals surface area contributed by atoms with Crippen LogP contribution >= 0.6 is 0 Å². The molecule has 1 aromatic rings. The summed E-state index contributed by atoms with van der Waals surface area (Å²) < 4.78 is 0. The first-order valence-corrected chi connectivity index (χ1v) is 6.83. The van der Waals surface area contributed by atoms with Crippen molar-refractivity contribution in [3.05, 3.63) is 35.4 Å². The molecule has 3 nitrogen and oxygen atoms in total. The molecule has 1 heterocycles. The second-order valence-corrected chi connectivity index (χ2v) is 5.31. The molecule has 2 fully saturated rings. The molecule has 3 heteroatoms. The maximum Gasteiger partial charge on any atom is 0.0991 e. The second-order valence-electron chi connectivity index (χ2n) is 5.31. The summed E-state index contributed by atoms with van der Waals surface area (Å²) in [5.41, 5.74) is 2.12. The van der Waals surface area contributed by atoms with Gasteiger partial charge in [0.1, 0.15) is 0 Å². The van der Waals surface area contributed by atoms with E-state index in [1.807, 2.05) is 12.1 Å². The summed E-state index contributed by atoms with van der Waals surface area (Å²) in [5, 5.41) is 12.4. The molecular formula is C15H19N3. The molecule has 0 spiro atoms. The van der Waals surface area contributed by atoms with Gasteiger partial charge in [0.05, 0.1) is 11.6 Å². The number of hydrogen-bond acceptors (Lipinski definition) is 3. The summed E-state index contributed by atoms with van der Waals surface area (Å²) in [5.74, 6) is 0.803. The van der Waals surface area contributed by atoms with Gasteiger partial charge in [-0.05, 0) is 36.5 Å². The van der Waals surface area contributed by atoms with Gasteiger partial charge in [-0.15, -0.1) is 0 Å². The summed E-state index contributed by atoms with van der Waals surface area (Å²) in [4.78, 5) is 2.59. The van der Waals surface area contributed by atoms with E-state index < -0.39 is 0 Å². The van der Waals surface area contributed by atoms with E-state index in [2.05, 4.69) is 28.4 Å². The van der Waals surface area contributed by atoms with E-state index in [1.54, 1.807) is 0 Å². The predicted octanol–water partition coefficient (Wildman–Crippen LogP) is 1.91. The minimum atomic E-state index is 0.528. The zero-order valence-electron chi connectivity index (χ0n) is 10.6. The summed E-state index contributed by atoms with van der Waals surface area (Å²) in [6, 6.07) is 11.0. The molecule has 0 amide bonds. The van der Waals surface area contributed by atoms with Gasteiger partial charge in [0.2, 0.25) is 0 Å². The van der Waals surface area contributed by atoms with Crippen LogP contribution < -0.4 is 5.32 Å². The number of benzene rings is 1. The standard InChI is InChI=1S/C15H19N3/c16-11-12-2-1-3-14(10-12)15(13-4-5-13)18-8-6-17-7-9-18/h1-3,10,13,15,17H,4-9H2/t15-/m0/s1. The molecular weight excluding hydrogens is 222 g/mol. The SMILES string of the molecule is N#Cc1cccc([C@H](C2CC2)N2CCNCC2)c1. The molecule has 18 heavy (non-hydrogen) atoms. The zero-order valence-corrected chi connectivity index (χ0v) is 10.6. The fourth-order valence-electron chi connectivity index (χ4n) is 2.95. The Morgan fingerprint density at radius 3 is 2.72 bits per heavy atom. The van der Waals surface area contributed by atoms with Crippen molar-refractivity contribution in [2.45, 2.75) is 18.9 Å². The first-order valence-electron chi connectivity index (χ1n) is 6.83. The zero-order chi connectivity index (χ0) is 12.4. The van der Waals surface area contributed by atoms with Crippen molar-refractivity contribution in [1.82, 2.24) is 10.2 Å². The Morgan fingerprint density at radius 1 is 1.28 bits per heavy atom. The molecule has 2 aliphatic rings. The van der Waals surface area contributed by atoms with Gasteiger partial charge in [0.25, 0.3) is 0 Å². The highest BCUT2D eigenvalue weighted by atomic mass is 15.2. The number of piperazine rings is 1.